The molecule has 52 heavy (non-hydrogen) atoms. The van der Waals surface area contributed by atoms with Gasteiger partial charge >= 0.3 is 0 Å². The average Bonchev–Trinajstić information content (AvgIpc) is 3.53. The van der Waals surface area contributed by atoms with Crippen molar-refractivity contribution in [2.75, 3.05) is 13.2 Å². The second-order valence-electron chi connectivity index (χ2n) is 13.2. The Labute approximate surface area is 310 Å². The maximum atomic E-state index is 12.5. The zero-order valence-electron chi connectivity index (χ0n) is 29.2. The smallest absolute Gasteiger partial charge is 0.225 e. The normalized spacial score (nSPS) is 23.7. The van der Waals surface area contributed by atoms with Crippen LogP contribution < -0.4 is 4.74 Å². The van der Waals surface area contributed by atoms with Crippen molar-refractivity contribution in [2.45, 2.75) is 69.3 Å². The van der Waals surface area contributed by atoms with Crippen molar-refractivity contribution < 1.29 is 33.2 Å². The zero-order chi connectivity index (χ0) is 35.8. The number of hydrogen-bond acceptors (Lipinski definition) is 7. The molecular weight excluding hydrogens is 676 g/mol. The second-order valence-corrected chi connectivity index (χ2v) is 13.7. The van der Waals surface area contributed by atoms with Crippen molar-refractivity contribution >= 4 is 17.9 Å². The lowest BCUT2D eigenvalue weighted by Crippen LogP contribution is -2.66. The van der Waals surface area contributed by atoms with Gasteiger partial charge in [-0.2, -0.15) is 0 Å². The molecule has 2 aliphatic heterocycles. The summed E-state index contributed by atoms with van der Waals surface area (Å²) in [5.74, 6) is -0.625. The van der Waals surface area contributed by atoms with Crippen molar-refractivity contribution in [3.63, 3.8) is 0 Å². The number of rotatable bonds is 16. The summed E-state index contributed by atoms with van der Waals surface area (Å²) in [6, 6.07) is 43.7. The van der Waals surface area contributed by atoms with E-state index in [9.17, 15) is 4.79 Å². The van der Waals surface area contributed by atoms with E-state index < -0.39 is 29.7 Å². The van der Waals surface area contributed by atoms with E-state index in [2.05, 4.69) is 0 Å². The van der Waals surface area contributed by atoms with Gasteiger partial charge < -0.3 is 33.2 Å². The van der Waals surface area contributed by atoms with Gasteiger partial charge in [0.1, 0.15) is 35.9 Å². The number of carbonyl (C=O) groups excluding carboxylic acids is 1. The highest BCUT2D eigenvalue weighted by Gasteiger charge is 2.69. The maximum Gasteiger partial charge on any atom is 0.225 e. The number of halogens is 1. The van der Waals surface area contributed by atoms with Gasteiger partial charge in [-0.1, -0.05) is 121 Å². The topological polar surface area (TPSA) is 72.5 Å². The lowest BCUT2D eigenvalue weighted by atomic mass is 9.81. The first-order valence-corrected chi connectivity index (χ1v) is 18.1. The third kappa shape index (κ3) is 7.86. The number of ether oxygens (including phenoxy) is 6. The Morgan fingerprint density at radius 2 is 1.29 bits per heavy atom. The molecule has 268 valence electrons. The van der Waals surface area contributed by atoms with E-state index in [1.54, 1.807) is 0 Å². The molecule has 2 saturated heterocycles. The molecule has 7 rings (SSSR count). The molecule has 5 aromatic rings. The molecule has 0 unspecified atom stereocenters. The largest absolute Gasteiger partial charge is 0.494 e. The Hall–Kier alpha value is -4.34. The minimum Gasteiger partial charge on any atom is -0.494 e. The number of hydrogen-bond donors (Lipinski definition) is 0. The molecule has 2 aliphatic rings. The Bertz CT molecular complexity index is 1890. The van der Waals surface area contributed by atoms with Crippen LogP contribution in [0.25, 0.3) is 0 Å². The summed E-state index contributed by atoms with van der Waals surface area (Å²) in [5, 5.41) is 0.615. The van der Waals surface area contributed by atoms with Crippen LogP contribution in [0.3, 0.4) is 0 Å². The number of benzene rings is 5. The maximum absolute atomic E-state index is 12.5. The fraction of sp³-hybridized carbons (Fsp3) is 0.295. The van der Waals surface area contributed by atoms with Crippen LogP contribution in [-0.2, 0) is 60.5 Å². The van der Waals surface area contributed by atoms with Gasteiger partial charge in [0.2, 0.25) is 5.79 Å². The molecule has 7 nitrogen and oxygen atoms in total. The lowest BCUT2D eigenvalue weighted by molar-refractivity contribution is -0.349. The quantitative estimate of drug-likeness (QED) is 0.0947. The second kappa shape index (κ2) is 16.6. The van der Waals surface area contributed by atoms with Crippen molar-refractivity contribution in [3.05, 3.63) is 172 Å². The number of fused-ring (bicyclic) bond motifs is 2. The van der Waals surface area contributed by atoms with Gasteiger partial charge in [-0.15, -0.1) is 0 Å². The molecule has 0 radical (unpaired) electrons. The van der Waals surface area contributed by atoms with Crippen LogP contribution in [0.4, 0.5) is 0 Å². The van der Waals surface area contributed by atoms with Crippen LogP contribution in [0, 0.1) is 0 Å². The molecule has 5 aromatic carbocycles. The summed E-state index contributed by atoms with van der Waals surface area (Å²) in [7, 11) is 0. The third-order valence-electron chi connectivity index (χ3n) is 9.71. The highest BCUT2D eigenvalue weighted by atomic mass is 35.5. The van der Waals surface area contributed by atoms with Gasteiger partial charge in [0, 0.05) is 17.0 Å². The summed E-state index contributed by atoms with van der Waals surface area (Å²) in [4.78, 5) is 12.5. The van der Waals surface area contributed by atoms with E-state index in [1.807, 2.05) is 140 Å². The van der Waals surface area contributed by atoms with E-state index in [0.717, 1.165) is 45.4 Å². The first-order chi connectivity index (χ1) is 25.5. The van der Waals surface area contributed by atoms with Crippen LogP contribution in [0.5, 0.6) is 5.75 Å². The van der Waals surface area contributed by atoms with E-state index in [4.69, 9.17) is 40.0 Å². The van der Waals surface area contributed by atoms with E-state index in [1.165, 1.54) is 0 Å². The van der Waals surface area contributed by atoms with E-state index >= 15 is 0 Å². The molecule has 0 aliphatic carbocycles. The Kier molecular flexibility index (Phi) is 11.5. The van der Waals surface area contributed by atoms with Crippen LogP contribution in [0.1, 0.15) is 46.7 Å². The molecule has 8 heteroatoms. The van der Waals surface area contributed by atoms with Crippen molar-refractivity contribution in [3.8, 4) is 5.75 Å². The van der Waals surface area contributed by atoms with Crippen LogP contribution >= 0.6 is 11.6 Å². The summed E-state index contributed by atoms with van der Waals surface area (Å²) in [5.41, 5.74) is 4.49. The van der Waals surface area contributed by atoms with Gasteiger partial charge in [-0.05, 0) is 65.4 Å². The van der Waals surface area contributed by atoms with Gasteiger partial charge in [0.05, 0.1) is 33.0 Å². The molecule has 2 fully saturated rings. The number of carbonyl (C=O) groups is 1. The Morgan fingerprint density at radius 1 is 0.712 bits per heavy atom. The fourth-order valence-corrected chi connectivity index (χ4v) is 7.32. The van der Waals surface area contributed by atoms with Crippen molar-refractivity contribution in [2.24, 2.45) is 0 Å². The monoisotopic (exact) mass is 718 g/mol. The fourth-order valence-electron chi connectivity index (χ4n) is 7.14. The van der Waals surface area contributed by atoms with Crippen LogP contribution in [0.2, 0.25) is 5.02 Å². The first kappa shape index (κ1) is 36.0. The molecule has 5 atom stereocenters. The van der Waals surface area contributed by atoms with Crippen molar-refractivity contribution in [1.82, 2.24) is 0 Å². The van der Waals surface area contributed by atoms with Gasteiger partial charge in [0.15, 0.2) is 0 Å². The standard InChI is InChI=1S/C44H43ClO7/c1-2-47-38-21-18-32(19-22-38)26-36-27-37(20-23-39(36)45)44-42(50-30-35-16-10-5-11-17-35)40(48-28-33-12-6-3-7-13-33)41(43(52-44,24-25-46)31-51-44)49-29-34-14-8-4-9-15-34/h3-23,25,27,40-42H,2,24,26,28-31H2,1H3/t40-,41+,42+,43+,44-/m0/s1. The van der Waals surface area contributed by atoms with Gasteiger partial charge in [-0.25, -0.2) is 0 Å². The molecule has 0 aromatic heterocycles. The SMILES string of the molecule is CCOc1ccc(Cc2cc([C@]34OC[C@@](CC=O)(O3)[C@H](OCc3ccccc3)[C@H](OCc3ccccc3)[C@H]4OCc3ccccc3)ccc2Cl)cc1. The van der Waals surface area contributed by atoms with Gasteiger partial charge in [-0.3, -0.25) is 0 Å². The minimum absolute atomic E-state index is 0.0391. The van der Waals surface area contributed by atoms with E-state index in [0.29, 0.717) is 24.7 Å². The lowest BCUT2D eigenvalue weighted by Gasteiger charge is -2.50. The highest BCUT2D eigenvalue weighted by Crippen LogP contribution is 2.54. The Morgan fingerprint density at radius 3 is 1.87 bits per heavy atom. The first-order valence-electron chi connectivity index (χ1n) is 17.8. The summed E-state index contributed by atoms with van der Waals surface area (Å²) in [6.07, 6.45) is -0.739. The van der Waals surface area contributed by atoms with Crippen molar-refractivity contribution in [1.29, 1.82) is 0 Å². The molecule has 0 spiro atoms. The predicted octanol–water partition coefficient (Wildman–Crippen LogP) is 8.63. The Balaban J connectivity index is 1.30. The number of aldehydes is 1. The van der Waals surface area contributed by atoms with Crippen LogP contribution in [-0.4, -0.2) is 43.4 Å². The zero-order valence-corrected chi connectivity index (χ0v) is 30.0. The van der Waals surface area contributed by atoms with Gasteiger partial charge in [0.25, 0.3) is 0 Å². The highest BCUT2D eigenvalue weighted by molar-refractivity contribution is 6.31. The molecular formula is C44H43ClO7. The van der Waals surface area contributed by atoms with Crippen LogP contribution in [0.15, 0.2) is 133 Å². The van der Waals surface area contributed by atoms with E-state index in [-0.39, 0.29) is 26.2 Å². The predicted molar refractivity (Wildman–Crippen MR) is 199 cm³/mol. The molecule has 0 N–H and O–H groups in total. The minimum atomic E-state index is -1.44. The molecule has 2 bridgehead atoms. The summed E-state index contributed by atoms with van der Waals surface area (Å²) in [6.45, 7) is 3.50. The molecule has 2 heterocycles. The third-order valence-corrected chi connectivity index (χ3v) is 10.1. The summed E-state index contributed by atoms with van der Waals surface area (Å²) >= 11 is 6.86. The molecule has 0 amide bonds. The molecule has 0 saturated carbocycles. The average molecular weight is 719 g/mol. The summed E-state index contributed by atoms with van der Waals surface area (Å²) < 4.78 is 40.2.